The van der Waals surface area contributed by atoms with Gasteiger partial charge in [0.15, 0.2) is 17.1 Å². The number of hydrogen-bond donors (Lipinski definition) is 0. The van der Waals surface area contributed by atoms with Crippen LogP contribution in [0, 0.1) is 5.92 Å². The number of pyridine rings is 1. The van der Waals surface area contributed by atoms with Gasteiger partial charge in [-0.25, -0.2) is 13.8 Å². The third kappa shape index (κ3) is 5.04. The Bertz CT molecular complexity index is 1330. The molecule has 2 aliphatic heterocycles. The topological polar surface area (TPSA) is 88.1 Å². The third-order valence-electron chi connectivity index (χ3n) is 8.28. The lowest BCUT2D eigenvalue weighted by Crippen LogP contribution is -2.54. The van der Waals surface area contributed by atoms with Crippen LogP contribution < -0.4 is 0 Å². The molecule has 204 valence electrons. The first kappa shape index (κ1) is 26.6. The van der Waals surface area contributed by atoms with Gasteiger partial charge >= 0.3 is 0 Å². The Hall–Kier alpha value is -2.97. The number of fused-ring (bicyclic) bond motifs is 1. The fourth-order valence-corrected chi connectivity index (χ4v) is 6.05. The average molecular weight is 527 g/mol. The van der Waals surface area contributed by atoms with E-state index in [0.29, 0.717) is 55.5 Å². The Labute approximate surface area is 221 Å². The summed E-state index contributed by atoms with van der Waals surface area (Å²) in [6.45, 7) is 10.6. The number of carbonyl (C=O) groups excluding carboxylic acids is 2. The molecule has 0 spiro atoms. The van der Waals surface area contributed by atoms with Gasteiger partial charge in [-0.3, -0.25) is 9.59 Å². The Kier molecular flexibility index (Phi) is 6.55. The molecule has 0 bridgehead atoms. The number of furan rings is 1. The monoisotopic (exact) mass is 526 g/mol. The number of piperidine rings is 1. The summed E-state index contributed by atoms with van der Waals surface area (Å²) in [6, 6.07) is 3.66. The number of nitrogens with zero attached hydrogens (tertiary/aromatic N) is 4. The van der Waals surface area contributed by atoms with Gasteiger partial charge in [0.2, 0.25) is 5.92 Å². The van der Waals surface area contributed by atoms with E-state index in [1.165, 1.54) is 0 Å². The minimum atomic E-state index is -2.61. The van der Waals surface area contributed by atoms with Crippen molar-refractivity contribution in [3.63, 3.8) is 0 Å². The molecule has 1 saturated heterocycles. The number of aromatic nitrogens is 1. The van der Waals surface area contributed by atoms with Crippen LogP contribution in [0.15, 0.2) is 26.8 Å². The van der Waals surface area contributed by atoms with E-state index in [0.717, 1.165) is 11.3 Å². The maximum absolute atomic E-state index is 13.8. The van der Waals surface area contributed by atoms with E-state index in [1.54, 1.807) is 17.2 Å². The molecule has 0 radical (unpaired) electrons. The van der Waals surface area contributed by atoms with Crippen LogP contribution in [0.25, 0.3) is 11.1 Å². The van der Waals surface area contributed by atoms with Crippen molar-refractivity contribution in [1.29, 1.82) is 0 Å². The maximum Gasteiger partial charge on any atom is 0.290 e. The minimum absolute atomic E-state index is 0.0124. The van der Waals surface area contributed by atoms with Gasteiger partial charge in [-0.05, 0) is 51.0 Å². The molecule has 7 nitrogen and oxygen atoms in total. The van der Waals surface area contributed by atoms with Crippen molar-refractivity contribution in [3.8, 4) is 0 Å². The number of rotatable bonds is 4. The van der Waals surface area contributed by atoms with Crippen molar-refractivity contribution in [2.24, 2.45) is 16.1 Å². The summed E-state index contributed by atoms with van der Waals surface area (Å²) in [5, 5.41) is 7.77. The number of carbonyl (C=O) groups is 2. The molecule has 1 atom stereocenters. The molecule has 2 aromatic heterocycles. The van der Waals surface area contributed by atoms with Crippen molar-refractivity contribution >= 4 is 34.7 Å². The third-order valence-corrected chi connectivity index (χ3v) is 8.28. The molecule has 0 aromatic carbocycles. The van der Waals surface area contributed by atoms with Crippen LogP contribution in [0.4, 0.5) is 8.78 Å². The smallest absolute Gasteiger partial charge is 0.290 e. The van der Waals surface area contributed by atoms with E-state index in [-0.39, 0.29) is 47.5 Å². The highest BCUT2D eigenvalue weighted by Crippen LogP contribution is 2.43. The predicted molar refractivity (Wildman–Crippen MR) is 142 cm³/mol. The first-order valence-corrected chi connectivity index (χ1v) is 13.5. The maximum atomic E-state index is 13.8. The van der Waals surface area contributed by atoms with E-state index < -0.39 is 11.5 Å². The van der Waals surface area contributed by atoms with Crippen LogP contribution in [0.2, 0.25) is 0 Å². The largest absolute Gasteiger partial charge is 0.449 e. The zero-order chi connectivity index (χ0) is 27.5. The number of hydrogen-bond acceptors (Lipinski definition) is 6. The Balaban J connectivity index is 1.42. The van der Waals surface area contributed by atoms with E-state index in [9.17, 15) is 18.4 Å². The lowest BCUT2D eigenvalue weighted by molar-refractivity contribution is -0.119. The summed E-state index contributed by atoms with van der Waals surface area (Å²) in [4.78, 5) is 33.2. The number of halogens is 2. The fourth-order valence-electron chi connectivity index (χ4n) is 6.05. The predicted octanol–water partition coefficient (Wildman–Crippen LogP) is 6.45. The van der Waals surface area contributed by atoms with Crippen molar-refractivity contribution in [3.05, 3.63) is 29.2 Å². The molecule has 1 amide bonds. The summed E-state index contributed by atoms with van der Waals surface area (Å²) in [5.74, 6) is -2.87. The molecule has 2 aromatic rings. The van der Waals surface area contributed by atoms with Crippen molar-refractivity contribution in [2.75, 3.05) is 6.54 Å². The molecule has 1 aliphatic carbocycles. The molecule has 9 heteroatoms. The summed E-state index contributed by atoms with van der Waals surface area (Å²) in [5.41, 5.74) is 2.47. The first-order valence-electron chi connectivity index (χ1n) is 13.5. The number of likely N-dealkylation sites (tertiary alicyclic amines) is 1. The summed E-state index contributed by atoms with van der Waals surface area (Å²) in [7, 11) is 0. The second-order valence-electron chi connectivity index (χ2n) is 12.7. The number of alkyl halides is 2. The zero-order valence-electron chi connectivity index (χ0n) is 22.8. The molecule has 1 unspecified atom stereocenters. The molecular weight excluding hydrogens is 490 g/mol. The van der Waals surface area contributed by atoms with Crippen molar-refractivity contribution in [1.82, 2.24) is 9.88 Å². The molecule has 1 saturated carbocycles. The van der Waals surface area contributed by atoms with Gasteiger partial charge in [0.05, 0.1) is 0 Å². The van der Waals surface area contributed by atoms with Gasteiger partial charge < -0.3 is 9.32 Å². The zero-order valence-corrected chi connectivity index (χ0v) is 22.8. The van der Waals surface area contributed by atoms with Crippen LogP contribution in [0.5, 0.6) is 0 Å². The molecule has 38 heavy (non-hydrogen) atoms. The second-order valence-corrected chi connectivity index (χ2v) is 12.7. The first-order chi connectivity index (χ1) is 17.7. The number of ketones is 1. The normalized spacial score (nSPS) is 23.6. The van der Waals surface area contributed by atoms with Gasteiger partial charge in [-0.1, -0.05) is 20.8 Å². The lowest BCUT2D eigenvalue weighted by atomic mass is 9.79. The number of amides is 1. The van der Waals surface area contributed by atoms with Crippen LogP contribution in [0.3, 0.4) is 0 Å². The fraction of sp³-hybridized carbons (Fsp3) is 0.621. The number of Topliss-reactive ketones (excluding diaryl/α,β-unsaturated/α-hetero) is 1. The van der Waals surface area contributed by atoms with E-state index >= 15 is 0 Å². The van der Waals surface area contributed by atoms with Gasteiger partial charge in [0.1, 0.15) is 11.2 Å². The van der Waals surface area contributed by atoms with Crippen LogP contribution in [-0.4, -0.2) is 51.5 Å². The molecule has 2 fully saturated rings. The van der Waals surface area contributed by atoms with Gasteiger partial charge in [0.25, 0.3) is 5.91 Å². The second kappa shape index (κ2) is 9.35. The SMILES string of the molecule is CC(C)(C)c1cc(C2CCC(F)(F)CC2)nc2cc(C(=O)N3CCC(C(=O)C4=NN=CC4)CC3(C)C)oc12. The van der Waals surface area contributed by atoms with Crippen molar-refractivity contribution in [2.45, 2.75) is 102 Å². The van der Waals surface area contributed by atoms with Gasteiger partial charge in [0, 0.05) is 66.7 Å². The molecule has 4 heterocycles. The van der Waals surface area contributed by atoms with E-state index in [4.69, 9.17) is 9.40 Å². The van der Waals surface area contributed by atoms with E-state index in [2.05, 4.69) is 31.0 Å². The summed E-state index contributed by atoms with van der Waals surface area (Å²) < 4.78 is 33.8. The molecule has 5 rings (SSSR count). The minimum Gasteiger partial charge on any atom is -0.449 e. The highest BCUT2D eigenvalue weighted by molar-refractivity contribution is 6.43. The lowest BCUT2D eigenvalue weighted by Gasteiger charge is -2.44. The average Bonchev–Trinajstić information content (AvgIpc) is 3.51. The van der Waals surface area contributed by atoms with Crippen LogP contribution in [0.1, 0.15) is 107 Å². The highest BCUT2D eigenvalue weighted by Gasteiger charge is 2.42. The Morgan fingerprint density at radius 3 is 2.42 bits per heavy atom. The van der Waals surface area contributed by atoms with Gasteiger partial charge in [-0.2, -0.15) is 10.2 Å². The summed E-state index contributed by atoms with van der Waals surface area (Å²) in [6.07, 6.45) is 3.68. The molecule has 3 aliphatic rings. The van der Waals surface area contributed by atoms with E-state index in [1.807, 2.05) is 19.9 Å². The Morgan fingerprint density at radius 1 is 1.11 bits per heavy atom. The summed E-state index contributed by atoms with van der Waals surface area (Å²) >= 11 is 0. The molecule has 0 N–H and O–H groups in total. The molecular formula is C29H36F2N4O3. The standard InChI is InChI=1S/C29H36F2N4O3/c1-27(2,3)19-14-21(17-6-10-29(30,31)11-7-17)33-22-15-23(38-25(19)22)26(37)35-13-9-18(16-28(35,4)5)24(36)20-8-12-32-34-20/h12,14-15,17-18H,6-11,13,16H2,1-5H3. The van der Waals surface area contributed by atoms with Gasteiger partial charge in [-0.15, -0.1) is 0 Å². The van der Waals surface area contributed by atoms with Crippen LogP contribution >= 0.6 is 0 Å². The van der Waals surface area contributed by atoms with Crippen LogP contribution in [-0.2, 0) is 10.2 Å². The quantitative estimate of drug-likeness (QED) is 0.458. The Morgan fingerprint density at radius 2 is 1.82 bits per heavy atom. The highest BCUT2D eigenvalue weighted by atomic mass is 19.3. The van der Waals surface area contributed by atoms with Crippen molar-refractivity contribution < 1.29 is 22.8 Å².